The van der Waals surface area contributed by atoms with E-state index in [9.17, 15) is 9.59 Å². The lowest BCUT2D eigenvalue weighted by molar-refractivity contribution is -0.128. The summed E-state index contributed by atoms with van der Waals surface area (Å²) in [5.74, 6) is 0.361. The number of aliphatic imine (C=N–C) groups is 1. The summed E-state index contributed by atoms with van der Waals surface area (Å²) in [6.45, 7) is 6.35. The molecule has 1 fully saturated rings. The quantitative estimate of drug-likeness (QED) is 0.770. The maximum absolute atomic E-state index is 12.8. The Bertz CT molecular complexity index is 958. The van der Waals surface area contributed by atoms with Crippen LogP contribution >= 0.6 is 11.8 Å². The number of nitrogens with zero attached hydrogens (tertiary/aromatic N) is 2. The molecule has 2 aromatic carbocycles. The third-order valence-electron chi connectivity index (χ3n) is 4.66. The summed E-state index contributed by atoms with van der Waals surface area (Å²) in [6.07, 6.45) is 0.0955. The number of thioether (sulfide) groups is 1. The van der Waals surface area contributed by atoms with Gasteiger partial charge >= 0.3 is 0 Å². The smallest absolute Gasteiger partial charge is 0.242 e. The zero-order valence-electron chi connectivity index (χ0n) is 17.1. The van der Waals surface area contributed by atoms with E-state index in [2.05, 4.69) is 10.3 Å². The molecule has 0 saturated carbocycles. The fourth-order valence-corrected chi connectivity index (χ4v) is 4.38. The summed E-state index contributed by atoms with van der Waals surface area (Å²) in [6, 6.07) is 13.3. The highest BCUT2D eigenvalue weighted by Crippen LogP contribution is 2.34. The average Bonchev–Trinajstić information content (AvgIpc) is 2.98. The number of carbonyl (C=O) groups is 2. The van der Waals surface area contributed by atoms with Crippen LogP contribution in [0.1, 0.15) is 24.5 Å². The highest BCUT2D eigenvalue weighted by Gasteiger charge is 2.38. The second kappa shape index (κ2) is 9.13. The molecular formula is C22H25N3O3S. The summed E-state index contributed by atoms with van der Waals surface area (Å²) in [5.41, 5.74) is 3.56. The predicted octanol–water partition coefficient (Wildman–Crippen LogP) is 4.29. The first-order valence-corrected chi connectivity index (χ1v) is 10.4. The van der Waals surface area contributed by atoms with Crippen LogP contribution in [0.5, 0.6) is 5.75 Å². The van der Waals surface area contributed by atoms with Crippen LogP contribution in [0.25, 0.3) is 0 Å². The van der Waals surface area contributed by atoms with Crippen LogP contribution in [-0.4, -0.2) is 40.8 Å². The summed E-state index contributed by atoms with van der Waals surface area (Å²) in [5, 5.41) is 3.02. The van der Waals surface area contributed by atoms with Gasteiger partial charge in [-0.05, 0) is 44.5 Å². The molecule has 0 aliphatic carbocycles. The third kappa shape index (κ3) is 4.79. The highest BCUT2D eigenvalue weighted by molar-refractivity contribution is 8.15. The SMILES string of the molecule is CCN1C(=O)[C@@H](CC(=O)Nc2ccc(C)cc2C)SC1=Nc1ccccc1OC. The molecule has 1 saturated heterocycles. The van der Waals surface area contributed by atoms with E-state index in [0.717, 1.165) is 16.8 Å². The van der Waals surface area contributed by atoms with E-state index in [-0.39, 0.29) is 18.2 Å². The van der Waals surface area contributed by atoms with E-state index in [4.69, 9.17) is 4.74 Å². The second-order valence-electron chi connectivity index (χ2n) is 6.83. The van der Waals surface area contributed by atoms with Crippen molar-refractivity contribution in [3.05, 3.63) is 53.6 Å². The molecule has 1 aliphatic heterocycles. The van der Waals surface area contributed by atoms with Crippen LogP contribution < -0.4 is 10.1 Å². The summed E-state index contributed by atoms with van der Waals surface area (Å²) >= 11 is 1.32. The second-order valence-corrected chi connectivity index (χ2v) is 8.00. The van der Waals surface area contributed by atoms with Gasteiger partial charge in [0.2, 0.25) is 11.8 Å². The minimum Gasteiger partial charge on any atom is -0.494 e. The largest absolute Gasteiger partial charge is 0.494 e. The minimum atomic E-state index is -0.492. The Kier molecular flexibility index (Phi) is 6.59. The normalized spacial score (nSPS) is 17.7. The van der Waals surface area contributed by atoms with Gasteiger partial charge in [-0.1, -0.05) is 41.6 Å². The molecule has 0 radical (unpaired) electrons. The van der Waals surface area contributed by atoms with E-state index in [1.54, 1.807) is 12.0 Å². The number of anilines is 1. The van der Waals surface area contributed by atoms with Gasteiger partial charge in [0.25, 0.3) is 0 Å². The number of nitrogens with one attached hydrogen (secondary N) is 1. The molecule has 2 amide bonds. The predicted molar refractivity (Wildman–Crippen MR) is 118 cm³/mol. The van der Waals surface area contributed by atoms with Crippen molar-refractivity contribution in [2.45, 2.75) is 32.4 Å². The molecule has 0 aromatic heterocycles. The van der Waals surface area contributed by atoms with Crippen molar-refractivity contribution in [2.75, 3.05) is 19.0 Å². The van der Waals surface area contributed by atoms with Crippen LogP contribution in [0, 0.1) is 13.8 Å². The lowest BCUT2D eigenvalue weighted by atomic mass is 10.1. The van der Waals surface area contributed by atoms with Crippen molar-refractivity contribution in [1.29, 1.82) is 0 Å². The Balaban J connectivity index is 1.74. The standard InChI is InChI=1S/C22H25N3O3S/c1-5-25-21(27)19(13-20(26)23-16-11-10-14(2)12-15(16)3)29-22(25)24-17-8-6-7-9-18(17)28-4/h6-12,19H,5,13H2,1-4H3,(H,23,26)/t19-/m1/s1. The number of rotatable bonds is 6. The van der Waals surface area contributed by atoms with Crippen molar-refractivity contribution < 1.29 is 14.3 Å². The number of methoxy groups -OCH3 is 1. The van der Waals surface area contributed by atoms with Crippen molar-refractivity contribution in [1.82, 2.24) is 4.90 Å². The molecule has 29 heavy (non-hydrogen) atoms. The number of benzene rings is 2. The molecule has 3 rings (SSSR count). The number of aryl methyl sites for hydroxylation is 2. The number of para-hydroxylation sites is 2. The first-order chi connectivity index (χ1) is 13.9. The maximum atomic E-state index is 12.8. The van der Waals surface area contributed by atoms with Gasteiger partial charge in [0.1, 0.15) is 16.7 Å². The molecule has 1 aliphatic rings. The molecule has 152 valence electrons. The molecular weight excluding hydrogens is 386 g/mol. The van der Waals surface area contributed by atoms with Crippen LogP contribution in [0.2, 0.25) is 0 Å². The molecule has 2 aromatic rings. The van der Waals surface area contributed by atoms with Gasteiger partial charge in [0, 0.05) is 18.7 Å². The van der Waals surface area contributed by atoms with Crippen molar-refractivity contribution >= 4 is 40.1 Å². The first kappa shape index (κ1) is 20.9. The Labute approximate surface area is 175 Å². The molecule has 0 bridgehead atoms. The zero-order chi connectivity index (χ0) is 21.0. The average molecular weight is 412 g/mol. The Morgan fingerprint density at radius 3 is 2.69 bits per heavy atom. The van der Waals surface area contributed by atoms with E-state index < -0.39 is 5.25 Å². The minimum absolute atomic E-state index is 0.0954. The number of amides is 2. The highest BCUT2D eigenvalue weighted by atomic mass is 32.2. The number of hydrogen-bond donors (Lipinski definition) is 1. The van der Waals surface area contributed by atoms with Gasteiger partial charge in [-0.15, -0.1) is 0 Å². The van der Waals surface area contributed by atoms with E-state index in [0.29, 0.717) is 23.1 Å². The van der Waals surface area contributed by atoms with E-state index in [1.807, 2.05) is 63.2 Å². The Hall–Kier alpha value is -2.80. The zero-order valence-corrected chi connectivity index (χ0v) is 17.9. The van der Waals surface area contributed by atoms with Crippen molar-refractivity contribution in [3.8, 4) is 5.75 Å². The Morgan fingerprint density at radius 2 is 2.00 bits per heavy atom. The monoisotopic (exact) mass is 411 g/mol. The number of carbonyl (C=O) groups excluding carboxylic acids is 2. The molecule has 0 unspecified atom stereocenters. The summed E-state index contributed by atoms with van der Waals surface area (Å²) in [4.78, 5) is 31.6. The van der Waals surface area contributed by atoms with Crippen molar-refractivity contribution in [3.63, 3.8) is 0 Å². The van der Waals surface area contributed by atoms with Crippen LogP contribution in [0.4, 0.5) is 11.4 Å². The van der Waals surface area contributed by atoms with Gasteiger partial charge in [-0.2, -0.15) is 0 Å². The number of amidine groups is 1. The van der Waals surface area contributed by atoms with Gasteiger partial charge in [-0.3, -0.25) is 14.5 Å². The van der Waals surface area contributed by atoms with Crippen LogP contribution in [0.15, 0.2) is 47.5 Å². The fraction of sp³-hybridized carbons (Fsp3) is 0.318. The number of hydrogen-bond acceptors (Lipinski definition) is 5. The Morgan fingerprint density at radius 1 is 1.24 bits per heavy atom. The van der Waals surface area contributed by atoms with Crippen molar-refractivity contribution in [2.24, 2.45) is 4.99 Å². The molecule has 6 nitrogen and oxygen atoms in total. The summed E-state index contributed by atoms with van der Waals surface area (Å²) in [7, 11) is 1.59. The molecule has 1 atom stereocenters. The first-order valence-electron chi connectivity index (χ1n) is 9.49. The van der Waals surface area contributed by atoms with Gasteiger partial charge in [-0.25, -0.2) is 4.99 Å². The fourth-order valence-electron chi connectivity index (χ4n) is 3.16. The third-order valence-corrected chi connectivity index (χ3v) is 5.84. The van der Waals surface area contributed by atoms with Gasteiger partial charge in [0.15, 0.2) is 5.17 Å². The number of ether oxygens (including phenoxy) is 1. The van der Waals surface area contributed by atoms with Gasteiger partial charge in [0.05, 0.1) is 7.11 Å². The van der Waals surface area contributed by atoms with Crippen LogP contribution in [0.3, 0.4) is 0 Å². The lowest BCUT2D eigenvalue weighted by Gasteiger charge is -2.14. The van der Waals surface area contributed by atoms with Crippen LogP contribution in [-0.2, 0) is 9.59 Å². The molecule has 1 N–H and O–H groups in total. The topological polar surface area (TPSA) is 71.0 Å². The summed E-state index contributed by atoms with van der Waals surface area (Å²) < 4.78 is 5.34. The van der Waals surface area contributed by atoms with E-state index >= 15 is 0 Å². The molecule has 7 heteroatoms. The van der Waals surface area contributed by atoms with Gasteiger partial charge < -0.3 is 10.1 Å². The lowest BCUT2D eigenvalue weighted by Crippen LogP contribution is -2.33. The van der Waals surface area contributed by atoms with E-state index in [1.165, 1.54) is 11.8 Å². The molecule has 1 heterocycles. The maximum Gasteiger partial charge on any atom is 0.242 e. The molecule has 0 spiro atoms.